The predicted molar refractivity (Wildman–Crippen MR) is 40.6 cm³/mol. The Morgan fingerprint density at radius 3 is 2.62 bits per heavy atom. The van der Waals surface area contributed by atoms with Crippen LogP contribution in [0, 0.1) is 0 Å². The van der Waals surface area contributed by atoms with Gasteiger partial charge in [0, 0.05) is 4.91 Å². The van der Waals surface area contributed by atoms with Gasteiger partial charge in [-0.1, -0.05) is 12.7 Å². The predicted octanol–water partition coefficient (Wildman–Crippen LogP) is 1.46. The molecule has 0 radical (unpaired) electrons. The van der Waals surface area contributed by atoms with Gasteiger partial charge in [0.2, 0.25) is 0 Å². The number of nitrogens with two attached hydrogens (primary N) is 1. The van der Waals surface area contributed by atoms with Gasteiger partial charge in [-0.15, -0.1) is 12.6 Å². The van der Waals surface area contributed by atoms with E-state index in [1.54, 1.807) is 18.2 Å². The Kier molecular flexibility index (Phi) is 4.17. The molecular weight excluding hydrogens is 118 g/mol. The van der Waals surface area contributed by atoms with Crippen molar-refractivity contribution >= 4 is 12.6 Å². The maximum atomic E-state index is 5.04. The van der Waals surface area contributed by atoms with Crippen molar-refractivity contribution in [3.05, 3.63) is 35.9 Å². The van der Waals surface area contributed by atoms with Crippen molar-refractivity contribution < 1.29 is 0 Å². The first-order valence-electron chi connectivity index (χ1n) is 2.21. The van der Waals surface area contributed by atoms with E-state index in [1.165, 1.54) is 6.20 Å². The molecule has 2 heteroatoms. The van der Waals surface area contributed by atoms with Gasteiger partial charge in [-0.2, -0.15) is 0 Å². The van der Waals surface area contributed by atoms with E-state index in [0.29, 0.717) is 0 Å². The molecule has 0 aliphatic carbocycles. The Morgan fingerprint density at radius 2 is 2.25 bits per heavy atom. The van der Waals surface area contributed by atoms with Crippen LogP contribution in [0.1, 0.15) is 0 Å². The lowest BCUT2D eigenvalue weighted by molar-refractivity contribution is 1.60. The molecule has 0 atom stereocenters. The van der Waals surface area contributed by atoms with E-state index in [2.05, 4.69) is 19.2 Å². The molecule has 0 rings (SSSR count). The summed E-state index contributed by atoms with van der Waals surface area (Å²) in [5.74, 6) is 0. The highest BCUT2D eigenvalue weighted by atomic mass is 32.1. The molecule has 1 nitrogen and oxygen atoms in total. The van der Waals surface area contributed by atoms with E-state index >= 15 is 0 Å². The highest BCUT2D eigenvalue weighted by molar-refractivity contribution is 7.84. The quantitative estimate of drug-likeness (QED) is 0.426. The van der Waals surface area contributed by atoms with E-state index in [-0.39, 0.29) is 0 Å². The standard InChI is InChI=1S/C6H9NS/c1-2-6(8)4-3-5-7/h2-5,8H,1,7H2/b5-3-,6-4+. The van der Waals surface area contributed by atoms with Gasteiger partial charge < -0.3 is 5.73 Å². The molecule has 0 aromatic heterocycles. The van der Waals surface area contributed by atoms with Gasteiger partial charge in [0.05, 0.1) is 0 Å². The van der Waals surface area contributed by atoms with E-state index in [4.69, 9.17) is 5.73 Å². The summed E-state index contributed by atoms with van der Waals surface area (Å²) in [7, 11) is 0. The normalized spacial score (nSPS) is 12.4. The molecule has 0 fully saturated rings. The lowest BCUT2D eigenvalue weighted by Gasteiger charge is -1.80. The zero-order valence-corrected chi connectivity index (χ0v) is 5.44. The van der Waals surface area contributed by atoms with E-state index in [9.17, 15) is 0 Å². The second-order valence-electron chi connectivity index (χ2n) is 1.18. The van der Waals surface area contributed by atoms with Gasteiger partial charge >= 0.3 is 0 Å². The van der Waals surface area contributed by atoms with E-state index in [0.717, 1.165) is 4.91 Å². The van der Waals surface area contributed by atoms with Crippen molar-refractivity contribution in [2.24, 2.45) is 5.73 Å². The number of hydrogen-bond acceptors (Lipinski definition) is 2. The van der Waals surface area contributed by atoms with Gasteiger partial charge in [-0.25, -0.2) is 0 Å². The van der Waals surface area contributed by atoms with Crippen LogP contribution in [-0.4, -0.2) is 0 Å². The molecule has 0 saturated carbocycles. The topological polar surface area (TPSA) is 26.0 Å². The molecule has 0 aliphatic rings. The van der Waals surface area contributed by atoms with Crippen LogP contribution in [0.2, 0.25) is 0 Å². The number of hydrogen-bond donors (Lipinski definition) is 2. The van der Waals surface area contributed by atoms with Crippen LogP contribution < -0.4 is 5.73 Å². The molecule has 0 unspecified atom stereocenters. The summed E-state index contributed by atoms with van der Waals surface area (Å²) in [5, 5.41) is 0. The van der Waals surface area contributed by atoms with Crippen LogP contribution in [0.25, 0.3) is 0 Å². The summed E-state index contributed by atoms with van der Waals surface area (Å²) in [6, 6.07) is 0. The van der Waals surface area contributed by atoms with E-state index < -0.39 is 0 Å². The third-order valence-corrected chi connectivity index (χ3v) is 0.919. The minimum absolute atomic E-state index is 0.812. The largest absolute Gasteiger partial charge is 0.405 e. The van der Waals surface area contributed by atoms with Crippen molar-refractivity contribution in [2.45, 2.75) is 0 Å². The Labute approximate surface area is 55.0 Å². The second-order valence-corrected chi connectivity index (χ2v) is 1.70. The molecule has 8 heavy (non-hydrogen) atoms. The minimum Gasteiger partial charge on any atom is -0.405 e. The molecule has 0 saturated heterocycles. The summed E-state index contributed by atoms with van der Waals surface area (Å²) in [4.78, 5) is 0.812. The van der Waals surface area contributed by atoms with Crippen molar-refractivity contribution in [3.8, 4) is 0 Å². The van der Waals surface area contributed by atoms with Gasteiger partial charge in [-0.05, 0) is 18.4 Å². The van der Waals surface area contributed by atoms with Crippen molar-refractivity contribution in [1.82, 2.24) is 0 Å². The van der Waals surface area contributed by atoms with Crippen LogP contribution in [-0.2, 0) is 0 Å². The summed E-state index contributed by atoms with van der Waals surface area (Å²) >= 11 is 4.00. The smallest absolute Gasteiger partial charge is 0.00346 e. The Morgan fingerprint density at radius 1 is 1.62 bits per heavy atom. The van der Waals surface area contributed by atoms with Crippen LogP contribution in [0.15, 0.2) is 35.9 Å². The molecule has 0 spiro atoms. The van der Waals surface area contributed by atoms with Crippen molar-refractivity contribution in [1.29, 1.82) is 0 Å². The van der Waals surface area contributed by atoms with Crippen LogP contribution in [0.4, 0.5) is 0 Å². The molecule has 0 aliphatic heterocycles. The molecule has 0 aromatic carbocycles. The summed E-state index contributed by atoms with van der Waals surface area (Å²) in [6.07, 6.45) is 6.54. The summed E-state index contributed by atoms with van der Waals surface area (Å²) in [6.45, 7) is 3.49. The Balaban J connectivity index is 3.74. The molecule has 0 heterocycles. The van der Waals surface area contributed by atoms with Crippen LogP contribution in [0.5, 0.6) is 0 Å². The lowest BCUT2D eigenvalue weighted by atomic mass is 10.5. The molecular formula is C6H9NS. The number of rotatable bonds is 2. The summed E-state index contributed by atoms with van der Waals surface area (Å²) in [5.41, 5.74) is 5.04. The minimum atomic E-state index is 0.812. The number of thiol groups is 1. The molecule has 0 aromatic rings. The Bertz CT molecular complexity index is 124. The Hall–Kier alpha value is -0.630. The monoisotopic (exact) mass is 127 g/mol. The lowest BCUT2D eigenvalue weighted by Crippen LogP contribution is -1.72. The fraction of sp³-hybridized carbons (Fsp3) is 0. The summed E-state index contributed by atoms with van der Waals surface area (Å²) < 4.78 is 0. The van der Waals surface area contributed by atoms with Crippen LogP contribution >= 0.6 is 12.6 Å². The maximum absolute atomic E-state index is 5.04. The van der Waals surface area contributed by atoms with Crippen molar-refractivity contribution in [2.75, 3.05) is 0 Å². The van der Waals surface area contributed by atoms with Crippen molar-refractivity contribution in [3.63, 3.8) is 0 Å². The van der Waals surface area contributed by atoms with E-state index in [1.807, 2.05) is 0 Å². The molecule has 44 valence electrons. The van der Waals surface area contributed by atoms with Gasteiger partial charge in [-0.3, -0.25) is 0 Å². The molecule has 0 bridgehead atoms. The van der Waals surface area contributed by atoms with Gasteiger partial charge in [0.1, 0.15) is 0 Å². The average Bonchev–Trinajstić information content (AvgIpc) is 1.83. The first kappa shape index (κ1) is 7.37. The van der Waals surface area contributed by atoms with Gasteiger partial charge in [0.15, 0.2) is 0 Å². The fourth-order valence-corrected chi connectivity index (χ4v) is 0.308. The highest BCUT2D eigenvalue weighted by Crippen LogP contribution is 1.98. The second kappa shape index (κ2) is 4.53. The molecule has 0 amide bonds. The SMILES string of the molecule is C=C/C(S)=C\C=C/N. The third-order valence-electron chi connectivity index (χ3n) is 0.587. The number of allylic oxidation sites excluding steroid dienone is 3. The first-order valence-corrected chi connectivity index (χ1v) is 2.66. The molecule has 2 N–H and O–H groups in total. The highest BCUT2D eigenvalue weighted by Gasteiger charge is 1.71. The zero-order valence-electron chi connectivity index (χ0n) is 4.54. The zero-order chi connectivity index (χ0) is 6.41. The fourth-order valence-electron chi connectivity index (χ4n) is 0.222. The van der Waals surface area contributed by atoms with Gasteiger partial charge in [0.25, 0.3) is 0 Å². The van der Waals surface area contributed by atoms with Crippen LogP contribution in [0.3, 0.4) is 0 Å². The first-order chi connectivity index (χ1) is 3.81. The maximum Gasteiger partial charge on any atom is 0.00346 e. The average molecular weight is 127 g/mol. The third kappa shape index (κ3) is 3.56.